The normalized spacial score (nSPS) is 25.3. The Balaban J connectivity index is 2.15. The minimum absolute atomic E-state index is 0.429. The van der Waals surface area contributed by atoms with Crippen molar-refractivity contribution in [2.45, 2.75) is 25.8 Å². The maximum atomic E-state index is 7.21. The van der Waals surface area contributed by atoms with Crippen LogP contribution in [0.25, 0.3) is 0 Å². The molecule has 1 unspecified atom stereocenters. The number of hydrogen-bond acceptors (Lipinski definition) is 3. The van der Waals surface area contributed by atoms with Crippen molar-refractivity contribution in [1.82, 2.24) is 5.32 Å². The fourth-order valence-electron chi connectivity index (χ4n) is 2.22. The first-order valence-corrected chi connectivity index (χ1v) is 5.84. The van der Waals surface area contributed by atoms with Crippen molar-refractivity contribution in [2.75, 3.05) is 12.3 Å². The van der Waals surface area contributed by atoms with Crippen molar-refractivity contribution in [1.29, 1.82) is 5.41 Å². The number of piperidine rings is 1. The summed E-state index contributed by atoms with van der Waals surface area (Å²) in [5.74, 6) is 0.773. The lowest BCUT2D eigenvalue weighted by Gasteiger charge is -2.28. The van der Waals surface area contributed by atoms with Gasteiger partial charge in [0, 0.05) is 23.5 Å². The van der Waals surface area contributed by atoms with E-state index in [1.165, 1.54) is 24.6 Å². The number of anilines is 1. The summed E-state index contributed by atoms with van der Waals surface area (Å²) in [5, 5.41) is 10.7. The lowest BCUT2D eigenvalue weighted by Crippen LogP contribution is -2.31. The molecule has 0 aromatic heterocycles. The molecule has 1 aliphatic rings. The van der Waals surface area contributed by atoms with Crippen LogP contribution < -0.4 is 11.1 Å². The zero-order valence-corrected chi connectivity index (χ0v) is 9.66. The number of hydrogen-bond donors (Lipinski definition) is 3. The zero-order chi connectivity index (χ0) is 11.5. The molecule has 1 saturated heterocycles. The molecule has 0 bridgehead atoms. The molecule has 86 valence electrons. The van der Waals surface area contributed by atoms with Gasteiger partial charge in [0.05, 0.1) is 0 Å². The fourth-order valence-corrected chi connectivity index (χ4v) is 2.22. The van der Waals surface area contributed by atoms with Gasteiger partial charge in [-0.15, -0.1) is 0 Å². The lowest BCUT2D eigenvalue weighted by atomic mass is 9.91. The summed E-state index contributed by atoms with van der Waals surface area (Å²) in [4.78, 5) is 0. The van der Waals surface area contributed by atoms with Crippen molar-refractivity contribution in [3.8, 4) is 0 Å². The molecule has 2 atom stereocenters. The van der Waals surface area contributed by atoms with Crippen LogP contribution in [0.15, 0.2) is 18.2 Å². The van der Waals surface area contributed by atoms with Gasteiger partial charge in [0.1, 0.15) is 0 Å². The highest BCUT2D eigenvalue weighted by Gasteiger charge is 2.19. The van der Waals surface area contributed by atoms with Crippen molar-refractivity contribution in [3.05, 3.63) is 29.3 Å². The van der Waals surface area contributed by atoms with Gasteiger partial charge < -0.3 is 16.5 Å². The molecule has 1 heterocycles. The van der Waals surface area contributed by atoms with E-state index in [0.29, 0.717) is 11.7 Å². The van der Waals surface area contributed by atoms with Crippen molar-refractivity contribution in [3.63, 3.8) is 0 Å². The van der Waals surface area contributed by atoms with E-state index in [-0.39, 0.29) is 0 Å². The molecule has 1 aliphatic heterocycles. The number of benzene rings is 1. The van der Waals surface area contributed by atoms with E-state index in [1.54, 1.807) is 0 Å². The van der Waals surface area contributed by atoms with Gasteiger partial charge >= 0.3 is 0 Å². The first-order chi connectivity index (χ1) is 7.70. The van der Waals surface area contributed by atoms with Crippen LogP contribution in [0.4, 0.5) is 5.69 Å². The van der Waals surface area contributed by atoms with Gasteiger partial charge in [0.25, 0.3) is 0 Å². The van der Waals surface area contributed by atoms with Gasteiger partial charge in [-0.05, 0) is 36.9 Å². The molecule has 3 heteroatoms. The predicted molar refractivity (Wildman–Crippen MR) is 67.9 cm³/mol. The Kier molecular flexibility index (Phi) is 3.25. The molecule has 2 rings (SSSR count). The Labute approximate surface area is 96.6 Å². The largest absolute Gasteiger partial charge is 0.398 e. The summed E-state index contributed by atoms with van der Waals surface area (Å²) >= 11 is 0. The summed E-state index contributed by atoms with van der Waals surface area (Å²) in [5.41, 5.74) is 8.63. The maximum absolute atomic E-state index is 7.21. The Morgan fingerprint density at radius 3 is 2.81 bits per heavy atom. The van der Waals surface area contributed by atoms with Gasteiger partial charge in [-0.2, -0.15) is 0 Å². The second kappa shape index (κ2) is 4.66. The van der Waals surface area contributed by atoms with E-state index in [2.05, 4.69) is 18.3 Å². The molecule has 1 aromatic carbocycles. The molecule has 3 nitrogen and oxygen atoms in total. The molecule has 0 amide bonds. The molecule has 4 N–H and O–H groups in total. The summed E-state index contributed by atoms with van der Waals surface area (Å²) in [6.45, 7) is 3.35. The van der Waals surface area contributed by atoms with Crippen LogP contribution in [0.1, 0.15) is 36.9 Å². The summed E-state index contributed by atoms with van der Waals surface area (Å²) < 4.78 is 0. The van der Waals surface area contributed by atoms with E-state index < -0.39 is 0 Å². The molecular formula is C13H19N3. The molecule has 0 spiro atoms. The van der Waals surface area contributed by atoms with Crippen LogP contribution in [0, 0.1) is 11.3 Å². The van der Waals surface area contributed by atoms with E-state index in [0.717, 1.165) is 18.0 Å². The van der Waals surface area contributed by atoms with Gasteiger partial charge in [0.2, 0.25) is 0 Å². The quantitative estimate of drug-likeness (QED) is 0.526. The van der Waals surface area contributed by atoms with Crippen molar-refractivity contribution >= 4 is 11.9 Å². The summed E-state index contributed by atoms with van der Waals surface area (Å²) in [7, 11) is 0. The highest BCUT2D eigenvalue weighted by molar-refractivity contribution is 5.84. The monoisotopic (exact) mass is 217 g/mol. The van der Waals surface area contributed by atoms with Gasteiger partial charge in [-0.1, -0.05) is 19.1 Å². The Bertz CT molecular complexity index is 379. The maximum Gasteiger partial charge on any atom is 0.0406 e. The second-order valence-corrected chi connectivity index (χ2v) is 4.68. The highest BCUT2D eigenvalue weighted by Crippen LogP contribution is 2.27. The standard InChI is InChI=1S/C13H19N3/c1-9-2-5-13(16-8-9)10-3-4-11(7-14)12(15)6-10/h3-4,6-7,9,13-14,16H,2,5,8,15H2,1H3/t9?,13-/m1/s1. The zero-order valence-electron chi connectivity index (χ0n) is 9.66. The van der Waals surface area contributed by atoms with Crippen LogP contribution in [0.3, 0.4) is 0 Å². The van der Waals surface area contributed by atoms with Crippen LogP contribution in [0.2, 0.25) is 0 Å². The third kappa shape index (κ3) is 2.25. The van der Waals surface area contributed by atoms with Crippen molar-refractivity contribution in [2.24, 2.45) is 5.92 Å². The molecule has 1 fully saturated rings. The molecule has 16 heavy (non-hydrogen) atoms. The van der Waals surface area contributed by atoms with Crippen LogP contribution in [-0.2, 0) is 0 Å². The number of rotatable bonds is 2. The van der Waals surface area contributed by atoms with Crippen LogP contribution >= 0.6 is 0 Å². The molecule has 0 saturated carbocycles. The fraction of sp³-hybridized carbons (Fsp3) is 0.462. The highest BCUT2D eigenvalue weighted by atomic mass is 14.9. The third-order valence-corrected chi connectivity index (χ3v) is 3.33. The first-order valence-electron chi connectivity index (χ1n) is 5.84. The lowest BCUT2D eigenvalue weighted by molar-refractivity contribution is 0.333. The van der Waals surface area contributed by atoms with Gasteiger partial charge in [-0.3, -0.25) is 0 Å². The number of nitrogen functional groups attached to an aromatic ring is 1. The molecule has 0 aliphatic carbocycles. The minimum Gasteiger partial charge on any atom is -0.398 e. The second-order valence-electron chi connectivity index (χ2n) is 4.68. The van der Waals surface area contributed by atoms with Gasteiger partial charge in [-0.25, -0.2) is 0 Å². The molecule has 1 aromatic rings. The average Bonchev–Trinajstić information content (AvgIpc) is 2.30. The SMILES string of the molecule is CC1CC[C@H](c2ccc(C=N)c(N)c2)NC1. The predicted octanol–water partition coefficient (Wildman–Crippen LogP) is 2.33. The van der Waals surface area contributed by atoms with Crippen molar-refractivity contribution < 1.29 is 0 Å². The Morgan fingerprint density at radius 1 is 1.44 bits per heavy atom. The van der Waals surface area contributed by atoms with E-state index in [4.69, 9.17) is 11.1 Å². The topological polar surface area (TPSA) is 61.9 Å². The smallest absolute Gasteiger partial charge is 0.0406 e. The number of nitrogens with two attached hydrogens (primary N) is 1. The molecule has 0 radical (unpaired) electrons. The summed E-state index contributed by atoms with van der Waals surface area (Å²) in [6, 6.07) is 6.42. The Morgan fingerprint density at radius 2 is 2.25 bits per heavy atom. The molecular weight excluding hydrogens is 198 g/mol. The summed E-state index contributed by atoms with van der Waals surface area (Å²) in [6.07, 6.45) is 3.74. The van der Waals surface area contributed by atoms with E-state index >= 15 is 0 Å². The first kappa shape index (κ1) is 11.1. The van der Waals surface area contributed by atoms with Crippen LogP contribution in [-0.4, -0.2) is 12.8 Å². The van der Waals surface area contributed by atoms with Gasteiger partial charge in [0.15, 0.2) is 0 Å². The number of nitrogens with one attached hydrogen (secondary N) is 2. The average molecular weight is 217 g/mol. The minimum atomic E-state index is 0.429. The Hall–Kier alpha value is -1.35. The van der Waals surface area contributed by atoms with Crippen LogP contribution in [0.5, 0.6) is 0 Å². The van der Waals surface area contributed by atoms with E-state index in [9.17, 15) is 0 Å². The van der Waals surface area contributed by atoms with E-state index in [1.807, 2.05) is 12.1 Å². The third-order valence-electron chi connectivity index (χ3n) is 3.33.